The van der Waals surface area contributed by atoms with Crippen LogP contribution in [-0.2, 0) is 6.42 Å². The highest BCUT2D eigenvalue weighted by molar-refractivity contribution is 7.80. The number of nitrogens with zero attached hydrogens (tertiary/aromatic N) is 2. The molecule has 0 saturated heterocycles. The van der Waals surface area contributed by atoms with Crippen LogP contribution in [0.15, 0.2) is 30.3 Å². The van der Waals surface area contributed by atoms with Gasteiger partial charge in [0.25, 0.3) is 0 Å². The van der Waals surface area contributed by atoms with E-state index in [0.717, 1.165) is 29.1 Å². The number of rotatable bonds is 2. The second-order valence-electron chi connectivity index (χ2n) is 5.70. The Kier molecular flexibility index (Phi) is 3.41. The fourth-order valence-electron chi connectivity index (χ4n) is 3.18. The maximum atomic E-state index is 5.96. The Morgan fingerprint density at radius 2 is 2.05 bits per heavy atom. The van der Waals surface area contributed by atoms with E-state index in [4.69, 9.17) is 22.9 Å². The molecule has 0 spiro atoms. The second-order valence-corrected chi connectivity index (χ2v) is 6.14. The van der Waals surface area contributed by atoms with Crippen LogP contribution in [0.4, 0.5) is 11.5 Å². The lowest BCUT2D eigenvalue weighted by Gasteiger charge is -2.27. The lowest BCUT2D eigenvalue weighted by atomic mass is 10.1. The Bertz CT molecular complexity index is 724. The first-order valence-corrected chi connectivity index (χ1v) is 7.55. The van der Waals surface area contributed by atoms with Crippen molar-refractivity contribution in [3.63, 3.8) is 0 Å². The summed E-state index contributed by atoms with van der Waals surface area (Å²) in [6.07, 6.45) is 1.02. The van der Waals surface area contributed by atoms with Gasteiger partial charge in [0.15, 0.2) is 0 Å². The molecule has 0 amide bonds. The number of thiocarbonyl (C=S) groups is 1. The fourth-order valence-corrected chi connectivity index (χ4v) is 3.44. The Balaban J connectivity index is 2.23. The van der Waals surface area contributed by atoms with Gasteiger partial charge in [-0.3, -0.25) is 0 Å². The minimum atomic E-state index is 0.351. The zero-order valence-electron chi connectivity index (χ0n) is 12.6. The van der Waals surface area contributed by atoms with Crippen LogP contribution in [0.25, 0.3) is 0 Å². The predicted molar refractivity (Wildman–Crippen MR) is 91.3 cm³/mol. The van der Waals surface area contributed by atoms with Crippen molar-refractivity contribution in [1.29, 1.82) is 0 Å². The molecule has 3 rings (SSSR count). The van der Waals surface area contributed by atoms with Crippen molar-refractivity contribution in [2.24, 2.45) is 5.73 Å². The molecule has 0 radical (unpaired) electrons. The number of benzene rings is 1. The molecule has 0 aliphatic carbocycles. The predicted octanol–water partition coefficient (Wildman–Crippen LogP) is 3.42. The van der Waals surface area contributed by atoms with Crippen LogP contribution in [-0.4, -0.2) is 16.0 Å². The third-order valence-corrected chi connectivity index (χ3v) is 4.21. The van der Waals surface area contributed by atoms with Crippen LogP contribution in [0.3, 0.4) is 0 Å². The van der Waals surface area contributed by atoms with Crippen molar-refractivity contribution in [1.82, 2.24) is 4.98 Å². The topological polar surface area (TPSA) is 42.1 Å². The first-order valence-electron chi connectivity index (χ1n) is 7.14. The van der Waals surface area contributed by atoms with E-state index >= 15 is 0 Å². The summed E-state index contributed by atoms with van der Waals surface area (Å²) >= 11 is 5.26. The van der Waals surface area contributed by atoms with E-state index in [2.05, 4.69) is 36.1 Å². The van der Waals surface area contributed by atoms with Gasteiger partial charge in [-0.15, -0.1) is 0 Å². The van der Waals surface area contributed by atoms with E-state index in [9.17, 15) is 0 Å². The molecule has 0 fully saturated rings. The highest BCUT2D eigenvalue weighted by Crippen LogP contribution is 2.39. The van der Waals surface area contributed by atoms with Crippen LogP contribution in [0.2, 0.25) is 0 Å². The summed E-state index contributed by atoms with van der Waals surface area (Å²) in [4.78, 5) is 7.42. The standard InChI is InChI=1S/C17H19N3S/c1-10-8-11(2)19-17(15(10)16(18)21)20-12(3)9-13-6-4-5-7-14(13)20/h4-8,12H,9H2,1-3H3,(H2,18,21). The molecule has 1 aliphatic rings. The van der Waals surface area contributed by atoms with E-state index in [1.165, 1.54) is 11.3 Å². The van der Waals surface area contributed by atoms with Crippen molar-refractivity contribution < 1.29 is 0 Å². The zero-order valence-corrected chi connectivity index (χ0v) is 13.4. The summed E-state index contributed by atoms with van der Waals surface area (Å²) in [6.45, 7) is 6.26. The largest absolute Gasteiger partial charge is 0.389 e. The normalized spacial score (nSPS) is 16.9. The number of nitrogens with two attached hydrogens (primary N) is 1. The Morgan fingerprint density at radius 3 is 2.76 bits per heavy atom. The number of anilines is 2. The number of hydrogen-bond donors (Lipinski definition) is 1. The van der Waals surface area contributed by atoms with Crippen molar-refractivity contribution in [3.05, 3.63) is 52.7 Å². The molecule has 1 aliphatic heterocycles. The van der Waals surface area contributed by atoms with Gasteiger partial charge in [0.2, 0.25) is 0 Å². The molecule has 0 saturated carbocycles. The summed E-state index contributed by atoms with van der Waals surface area (Å²) in [7, 11) is 0. The molecule has 2 heterocycles. The molecular formula is C17H19N3S. The van der Waals surface area contributed by atoms with Crippen molar-refractivity contribution in [2.75, 3.05) is 4.90 Å². The van der Waals surface area contributed by atoms with Gasteiger partial charge in [-0.05, 0) is 50.5 Å². The highest BCUT2D eigenvalue weighted by Gasteiger charge is 2.30. The zero-order chi connectivity index (χ0) is 15.1. The average Bonchev–Trinajstić information content (AvgIpc) is 2.72. The molecular weight excluding hydrogens is 278 g/mol. The summed E-state index contributed by atoms with van der Waals surface area (Å²) in [5.74, 6) is 0.887. The quantitative estimate of drug-likeness (QED) is 0.863. The Morgan fingerprint density at radius 1 is 1.33 bits per heavy atom. The van der Waals surface area contributed by atoms with Crippen molar-refractivity contribution >= 4 is 28.7 Å². The van der Waals surface area contributed by atoms with Gasteiger partial charge < -0.3 is 10.6 Å². The minimum Gasteiger partial charge on any atom is -0.389 e. The summed E-state index contributed by atoms with van der Waals surface area (Å²) in [6, 6.07) is 10.8. The third-order valence-electron chi connectivity index (χ3n) is 4.01. The van der Waals surface area contributed by atoms with Gasteiger partial charge >= 0.3 is 0 Å². The molecule has 1 aromatic carbocycles. The van der Waals surface area contributed by atoms with Crippen LogP contribution >= 0.6 is 12.2 Å². The molecule has 1 unspecified atom stereocenters. The maximum Gasteiger partial charge on any atom is 0.144 e. The van der Waals surface area contributed by atoms with Gasteiger partial charge in [0.1, 0.15) is 10.8 Å². The van der Waals surface area contributed by atoms with Crippen LogP contribution in [0.5, 0.6) is 0 Å². The average molecular weight is 297 g/mol. The summed E-state index contributed by atoms with van der Waals surface area (Å²) < 4.78 is 0. The minimum absolute atomic E-state index is 0.351. The number of fused-ring (bicyclic) bond motifs is 1. The van der Waals surface area contributed by atoms with Crippen molar-refractivity contribution in [2.45, 2.75) is 33.2 Å². The van der Waals surface area contributed by atoms with E-state index in [-0.39, 0.29) is 0 Å². The molecule has 2 N–H and O–H groups in total. The third kappa shape index (κ3) is 2.29. The molecule has 1 aromatic heterocycles. The molecule has 0 bridgehead atoms. The molecule has 1 atom stereocenters. The summed E-state index contributed by atoms with van der Waals surface area (Å²) in [5.41, 5.74) is 11.5. The first kappa shape index (κ1) is 14.0. The van der Waals surface area contributed by atoms with Crippen LogP contribution in [0, 0.1) is 13.8 Å². The van der Waals surface area contributed by atoms with Gasteiger partial charge in [-0.25, -0.2) is 4.98 Å². The number of pyridine rings is 1. The monoisotopic (exact) mass is 297 g/mol. The fraction of sp³-hybridized carbons (Fsp3) is 0.294. The number of aromatic nitrogens is 1. The highest BCUT2D eigenvalue weighted by atomic mass is 32.1. The van der Waals surface area contributed by atoms with Crippen LogP contribution in [0.1, 0.15) is 29.3 Å². The van der Waals surface area contributed by atoms with Crippen LogP contribution < -0.4 is 10.6 Å². The first-order chi connectivity index (χ1) is 9.99. The molecule has 2 aromatic rings. The van der Waals surface area contributed by atoms with E-state index < -0.39 is 0 Å². The number of hydrogen-bond acceptors (Lipinski definition) is 3. The second kappa shape index (κ2) is 5.11. The molecule has 3 nitrogen and oxygen atoms in total. The van der Waals surface area contributed by atoms with E-state index in [1.54, 1.807) is 0 Å². The van der Waals surface area contributed by atoms with Gasteiger partial charge in [-0.1, -0.05) is 30.4 Å². The lowest BCUT2D eigenvalue weighted by molar-refractivity contribution is 0.748. The van der Waals surface area contributed by atoms with Gasteiger partial charge in [-0.2, -0.15) is 0 Å². The smallest absolute Gasteiger partial charge is 0.144 e. The van der Waals surface area contributed by atoms with Gasteiger partial charge in [0, 0.05) is 17.4 Å². The SMILES string of the molecule is Cc1cc(C)c(C(N)=S)c(N2c3ccccc3CC2C)n1. The van der Waals surface area contributed by atoms with Crippen molar-refractivity contribution in [3.8, 4) is 0 Å². The molecule has 21 heavy (non-hydrogen) atoms. The molecule has 4 heteroatoms. The Labute approximate surface area is 130 Å². The maximum absolute atomic E-state index is 5.96. The molecule has 108 valence electrons. The number of para-hydroxylation sites is 1. The number of aryl methyl sites for hydroxylation is 2. The lowest BCUT2D eigenvalue weighted by Crippen LogP contribution is -2.28. The summed E-state index contributed by atoms with van der Waals surface area (Å²) in [5, 5.41) is 0. The van der Waals surface area contributed by atoms with E-state index in [0.29, 0.717) is 11.0 Å². The van der Waals surface area contributed by atoms with Gasteiger partial charge in [0.05, 0.1) is 5.56 Å². The Hall–Kier alpha value is -1.94. The van der Waals surface area contributed by atoms with E-state index in [1.807, 2.05) is 19.9 Å².